The lowest BCUT2D eigenvalue weighted by atomic mass is 10.0. The second-order valence-electron chi connectivity index (χ2n) is 10.8. The number of hydrogen-bond acceptors (Lipinski definition) is 4. The molecular weight excluding hydrogens is 501 g/mol. The monoisotopic (exact) mass is 561 g/mol. The van der Waals surface area contributed by atoms with Crippen LogP contribution in [0.25, 0.3) is 0 Å². The van der Waals surface area contributed by atoms with Gasteiger partial charge >= 0.3 is 7.82 Å². The van der Waals surface area contributed by atoms with E-state index >= 15 is 0 Å². The van der Waals surface area contributed by atoms with Gasteiger partial charge in [-0.2, -0.15) is 0 Å². The minimum absolute atomic E-state index is 0.230. The maximum Gasteiger partial charge on any atom is 0.469 e. The van der Waals surface area contributed by atoms with E-state index in [9.17, 15) is 14.5 Å². The van der Waals surface area contributed by atoms with Gasteiger partial charge in [0.05, 0.1) is 18.8 Å². The first-order valence-electron chi connectivity index (χ1n) is 15.6. The van der Waals surface area contributed by atoms with Gasteiger partial charge < -0.3 is 20.2 Å². The van der Waals surface area contributed by atoms with Gasteiger partial charge in [-0.15, -0.1) is 0 Å². The summed E-state index contributed by atoms with van der Waals surface area (Å²) in [6.45, 7) is 4.01. The number of phosphoric acid groups is 1. The largest absolute Gasteiger partial charge is 0.469 e. The minimum atomic E-state index is -4.69. The van der Waals surface area contributed by atoms with Gasteiger partial charge in [0.15, 0.2) is 0 Å². The fraction of sp³-hybridized carbons (Fsp3) is 0.900. The molecule has 0 saturated carbocycles. The van der Waals surface area contributed by atoms with Crippen molar-refractivity contribution in [2.45, 2.75) is 167 Å². The van der Waals surface area contributed by atoms with Crippen molar-refractivity contribution in [3.8, 4) is 0 Å². The van der Waals surface area contributed by atoms with Crippen LogP contribution in [0.4, 0.5) is 0 Å². The maximum absolute atomic E-state index is 12.4. The van der Waals surface area contributed by atoms with E-state index in [4.69, 9.17) is 9.79 Å². The van der Waals surface area contributed by atoms with Crippen LogP contribution in [-0.4, -0.2) is 39.6 Å². The van der Waals surface area contributed by atoms with Gasteiger partial charge in [-0.05, 0) is 19.3 Å². The number of carbonyl (C=O) groups excluding carboxylic acids is 1. The lowest BCUT2D eigenvalue weighted by Crippen LogP contribution is -2.45. The van der Waals surface area contributed by atoms with Gasteiger partial charge in [-0.25, -0.2) is 4.57 Å². The lowest BCUT2D eigenvalue weighted by molar-refractivity contribution is -0.123. The fourth-order valence-corrected chi connectivity index (χ4v) is 4.93. The van der Waals surface area contributed by atoms with Crippen LogP contribution >= 0.6 is 7.82 Å². The third kappa shape index (κ3) is 26.9. The first-order valence-corrected chi connectivity index (χ1v) is 17.2. The molecule has 0 aromatic carbocycles. The Morgan fingerprint density at radius 2 is 1.16 bits per heavy atom. The normalized spacial score (nSPS) is 13.7. The molecule has 0 unspecified atom stereocenters. The molecule has 7 nitrogen and oxygen atoms in total. The summed E-state index contributed by atoms with van der Waals surface area (Å²) in [6.07, 6.45) is 28.0. The summed E-state index contributed by atoms with van der Waals surface area (Å²) in [7, 11) is -4.69. The Bertz CT molecular complexity index is 610. The third-order valence-electron chi connectivity index (χ3n) is 7.00. The van der Waals surface area contributed by atoms with E-state index in [-0.39, 0.29) is 5.91 Å². The van der Waals surface area contributed by atoms with Gasteiger partial charge in [0.25, 0.3) is 0 Å². The molecule has 0 bridgehead atoms. The van der Waals surface area contributed by atoms with Gasteiger partial charge in [0.1, 0.15) is 0 Å². The number of aliphatic hydroxyl groups is 1. The zero-order valence-electron chi connectivity index (χ0n) is 24.6. The Kier molecular flexibility index (Phi) is 26.0. The van der Waals surface area contributed by atoms with Crippen LogP contribution in [0.1, 0.15) is 155 Å². The Labute approximate surface area is 233 Å². The van der Waals surface area contributed by atoms with Crippen molar-refractivity contribution < 1.29 is 28.8 Å². The molecule has 0 saturated heterocycles. The molecular formula is C30H60NO6P. The van der Waals surface area contributed by atoms with Gasteiger partial charge in [0, 0.05) is 6.42 Å². The zero-order valence-corrected chi connectivity index (χ0v) is 25.5. The molecule has 1 amide bonds. The molecule has 226 valence electrons. The lowest BCUT2D eigenvalue weighted by Gasteiger charge is -2.22. The Hall–Kier alpha value is -0.720. The standard InChI is InChI=1S/C30H60NO6P/c1-3-5-7-9-11-13-15-16-18-20-22-24-26-30(33)31-28(27-37-38(34,35)36)29(32)25-23-21-19-17-14-12-10-8-6-4-2/h23,25,28-29,32H,3-22,24,26-27H2,1-2H3,(H,31,33)(H2,34,35,36)/b25-23+/t28-,29+/m0/s1. The highest BCUT2D eigenvalue weighted by Gasteiger charge is 2.24. The Morgan fingerprint density at radius 3 is 1.61 bits per heavy atom. The molecule has 2 atom stereocenters. The van der Waals surface area contributed by atoms with Crippen LogP contribution in [-0.2, 0) is 13.9 Å². The molecule has 0 fully saturated rings. The fourth-order valence-electron chi connectivity index (χ4n) is 4.57. The van der Waals surface area contributed by atoms with Crippen molar-refractivity contribution in [3.63, 3.8) is 0 Å². The molecule has 8 heteroatoms. The predicted molar refractivity (Wildman–Crippen MR) is 158 cm³/mol. The van der Waals surface area contributed by atoms with Gasteiger partial charge in [-0.3, -0.25) is 9.32 Å². The highest BCUT2D eigenvalue weighted by molar-refractivity contribution is 7.46. The van der Waals surface area contributed by atoms with Crippen LogP contribution in [0.5, 0.6) is 0 Å². The molecule has 0 aromatic rings. The summed E-state index contributed by atoms with van der Waals surface area (Å²) in [4.78, 5) is 30.5. The number of unbranched alkanes of at least 4 members (excludes halogenated alkanes) is 19. The summed E-state index contributed by atoms with van der Waals surface area (Å²) in [6, 6.07) is -0.901. The highest BCUT2D eigenvalue weighted by atomic mass is 31.2. The molecule has 38 heavy (non-hydrogen) atoms. The second-order valence-corrected chi connectivity index (χ2v) is 12.0. The van der Waals surface area contributed by atoms with Crippen LogP contribution in [0.2, 0.25) is 0 Å². The summed E-state index contributed by atoms with van der Waals surface area (Å²) >= 11 is 0. The van der Waals surface area contributed by atoms with Crippen molar-refractivity contribution in [2.24, 2.45) is 0 Å². The number of allylic oxidation sites excluding steroid dienone is 1. The quantitative estimate of drug-likeness (QED) is 0.0435. The van der Waals surface area contributed by atoms with Gasteiger partial charge in [-0.1, -0.05) is 142 Å². The molecule has 4 N–H and O–H groups in total. The van der Waals surface area contributed by atoms with Crippen molar-refractivity contribution >= 4 is 13.7 Å². The minimum Gasteiger partial charge on any atom is -0.387 e. The Morgan fingerprint density at radius 1 is 0.737 bits per heavy atom. The molecule has 0 spiro atoms. The van der Waals surface area contributed by atoms with Crippen LogP contribution in [0.3, 0.4) is 0 Å². The number of rotatable bonds is 28. The molecule has 0 aromatic heterocycles. The molecule has 0 aliphatic carbocycles. The smallest absolute Gasteiger partial charge is 0.387 e. The van der Waals surface area contributed by atoms with Crippen molar-refractivity contribution in [3.05, 3.63) is 12.2 Å². The maximum atomic E-state index is 12.4. The second kappa shape index (κ2) is 26.5. The SMILES string of the molecule is CCCCCCCCCC/C=C/[C@@H](O)[C@H](COP(=O)(O)O)NC(=O)CCCCCCCCCCCCCC. The Balaban J connectivity index is 4.14. The first kappa shape index (κ1) is 37.3. The summed E-state index contributed by atoms with van der Waals surface area (Å²) in [5.41, 5.74) is 0. The van der Waals surface area contributed by atoms with E-state index in [1.54, 1.807) is 6.08 Å². The highest BCUT2D eigenvalue weighted by Crippen LogP contribution is 2.35. The number of hydrogen-bond donors (Lipinski definition) is 4. The van der Waals surface area contributed by atoms with Crippen molar-refractivity contribution in [1.82, 2.24) is 5.32 Å². The van der Waals surface area contributed by atoms with E-state index in [1.165, 1.54) is 96.3 Å². The van der Waals surface area contributed by atoms with Crippen LogP contribution < -0.4 is 5.32 Å². The van der Waals surface area contributed by atoms with E-state index in [1.807, 2.05) is 6.08 Å². The first-order chi connectivity index (χ1) is 18.3. The number of aliphatic hydroxyl groups excluding tert-OH is 1. The average Bonchev–Trinajstić information content (AvgIpc) is 2.87. The molecule has 0 radical (unpaired) electrons. The van der Waals surface area contributed by atoms with E-state index in [0.29, 0.717) is 6.42 Å². The van der Waals surface area contributed by atoms with Gasteiger partial charge in [0.2, 0.25) is 5.91 Å². The van der Waals surface area contributed by atoms with E-state index in [2.05, 4.69) is 23.7 Å². The summed E-state index contributed by atoms with van der Waals surface area (Å²) < 4.78 is 15.7. The zero-order chi connectivity index (χ0) is 28.3. The number of carbonyl (C=O) groups is 1. The third-order valence-corrected chi connectivity index (χ3v) is 7.48. The average molecular weight is 562 g/mol. The number of amides is 1. The van der Waals surface area contributed by atoms with E-state index in [0.717, 1.165) is 38.5 Å². The van der Waals surface area contributed by atoms with Crippen LogP contribution in [0.15, 0.2) is 12.2 Å². The molecule has 0 aliphatic rings. The number of nitrogens with one attached hydrogen (secondary N) is 1. The molecule has 0 aliphatic heterocycles. The predicted octanol–water partition coefficient (Wildman–Crippen LogP) is 8.12. The summed E-state index contributed by atoms with van der Waals surface area (Å²) in [5, 5.41) is 13.2. The number of phosphoric ester groups is 1. The molecule has 0 rings (SSSR count). The summed E-state index contributed by atoms with van der Waals surface area (Å²) in [5.74, 6) is -0.230. The van der Waals surface area contributed by atoms with E-state index < -0.39 is 26.6 Å². The van der Waals surface area contributed by atoms with Crippen molar-refractivity contribution in [2.75, 3.05) is 6.61 Å². The topological polar surface area (TPSA) is 116 Å². The molecule has 0 heterocycles. The van der Waals surface area contributed by atoms with Crippen molar-refractivity contribution in [1.29, 1.82) is 0 Å². The van der Waals surface area contributed by atoms with Crippen LogP contribution in [0, 0.1) is 0 Å².